The Morgan fingerprint density at radius 2 is 2.00 bits per heavy atom. The van der Waals surface area contributed by atoms with Gasteiger partial charge in [-0.15, -0.1) is 0 Å². The average Bonchev–Trinajstić information content (AvgIpc) is 2.06. The van der Waals surface area contributed by atoms with Crippen LogP contribution in [0.1, 0.15) is 5.56 Å². The summed E-state index contributed by atoms with van der Waals surface area (Å²) in [5.74, 6) is 0. The van der Waals surface area contributed by atoms with E-state index in [-0.39, 0.29) is 6.61 Å². The van der Waals surface area contributed by atoms with Gasteiger partial charge in [-0.1, -0.05) is 18.2 Å². The third-order valence-corrected chi connectivity index (χ3v) is 3.27. The molecule has 0 N–H and O–H groups in total. The van der Waals surface area contributed by atoms with Crippen LogP contribution in [0.5, 0.6) is 0 Å². The topological polar surface area (TPSA) is 43.4 Å². The zero-order valence-corrected chi connectivity index (χ0v) is 10.7. The lowest BCUT2D eigenvalue weighted by Crippen LogP contribution is -2.06. The fourth-order valence-electron chi connectivity index (χ4n) is 1.00. The summed E-state index contributed by atoms with van der Waals surface area (Å²) in [7, 11) is -3.31. The van der Waals surface area contributed by atoms with Crippen LogP contribution < -0.4 is 0 Å². The van der Waals surface area contributed by atoms with Gasteiger partial charge in [0.2, 0.25) is 0 Å². The summed E-state index contributed by atoms with van der Waals surface area (Å²) in [5, 5.41) is 0. The summed E-state index contributed by atoms with van der Waals surface area (Å²) >= 11 is 2.22. The molecule has 3 nitrogen and oxygen atoms in total. The van der Waals surface area contributed by atoms with E-state index in [1.807, 2.05) is 24.3 Å². The highest BCUT2D eigenvalue weighted by Gasteiger charge is 2.03. The Balaban J connectivity index is 2.51. The molecule has 0 atom stereocenters. The Hall–Kier alpha value is -0.140. The van der Waals surface area contributed by atoms with Crippen molar-refractivity contribution < 1.29 is 12.6 Å². The normalized spacial score (nSPS) is 11.6. The van der Waals surface area contributed by atoms with E-state index in [0.717, 1.165) is 15.4 Å². The molecule has 0 aliphatic heterocycles. The molecule has 0 bridgehead atoms. The first kappa shape index (κ1) is 11.9. The summed E-state index contributed by atoms with van der Waals surface area (Å²) in [5.41, 5.74) is 1.11. The van der Waals surface area contributed by atoms with Crippen LogP contribution in [0.3, 0.4) is 0 Å². The van der Waals surface area contributed by atoms with Gasteiger partial charge in [-0.25, -0.2) is 0 Å². The molecule has 0 aliphatic carbocycles. The zero-order valence-electron chi connectivity index (χ0n) is 7.73. The standard InChI is InChI=1S/C9H11IO3S/c1-14(11,12)13-7-6-8-4-2-3-5-9(8)10/h2-5H,6-7H2,1H3. The van der Waals surface area contributed by atoms with Crippen molar-refractivity contribution in [2.45, 2.75) is 6.42 Å². The molecule has 1 rings (SSSR count). The molecule has 0 saturated heterocycles. The third-order valence-electron chi connectivity index (χ3n) is 1.63. The van der Waals surface area contributed by atoms with Gasteiger partial charge in [0.25, 0.3) is 10.1 Å². The molecule has 0 amide bonds. The predicted octanol–water partition coefficient (Wildman–Crippen LogP) is 1.81. The summed E-state index contributed by atoms with van der Waals surface area (Å²) in [6, 6.07) is 7.82. The maximum atomic E-state index is 10.7. The lowest BCUT2D eigenvalue weighted by atomic mass is 10.2. The van der Waals surface area contributed by atoms with E-state index in [4.69, 9.17) is 0 Å². The first-order chi connectivity index (χ1) is 6.49. The molecule has 1 aromatic rings. The van der Waals surface area contributed by atoms with Crippen molar-refractivity contribution in [2.24, 2.45) is 0 Å². The van der Waals surface area contributed by atoms with E-state index >= 15 is 0 Å². The number of hydrogen-bond donors (Lipinski definition) is 0. The van der Waals surface area contributed by atoms with Crippen molar-refractivity contribution in [1.29, 1.82) is 0 Å². The molecule has 0 radical (unpaired) electrons. The van der Waals surface area contributed by atoms with Gasteiger partial charge in [0.1, 0.15) is 0 Å². The van der Waals surface area contributed by atoms with E-state index in [9.17, 15) is 8.42 Å². The number of benzene rings is 1. The van der Waals surface area contributed by atoms with Crippen molar-refractivity contribution >= 4 is 32.7 Å². The van der Waals surface area contributed by atoms with Crippen molar-refractivity contribution in [3.8, 4) is 0 Å². The molecule has 1 aromatic carbocycles. The second-order valence-corrected chi connectivity index (χ2v) is 5.67. The average molecular weight is 326 g/mol. The minimum Gasteiger partial charge on any atom is -0.270 e. The highest BCUT2D eigenvalue weighted by molar-refractivity contribution is 14.1. The molecule has 14 heavy (non-hydrogen) atoms. The fourth-order valence-corrected chi connectivity index (χ4v) is 2.05. The Kier molecular flexibility index (Phi) is 4.33. The van der Waals surface area contributed by atoms with Crippen molar-refractivity contribution in [2.75, 3.05) is 12.9 Å². The highest BCUT2D eigenvalue weighted by Crippen LogP contribution is 2.12. The quantitative estimate of drug-likeness (QED) is 0.626. The van der Waals surface area contributed by atoms with E-state index in [1.54, 1.807) is 0 Å². The summed E-state index contributed by atoms with van der Waals surface area (Å²) in [4.78, 5) is 0. The lowest BCUT2D eigenvalue weighted by Gasteiger charge is -2.03. The van der Waals surface area contributed by atoms with Gasteiger partial charge in [-0.2, -0.15) is 8.42 Å². The fraction of sp³-hybridized carbons (Fsp3) is 0.333. The second kappa shape index (κ2) is 5.09. The van der Waals surface area contributed by atoms with Crippen molar-refractivity contribution in [3.05, 3.63) is 33.4 Å². The Labute approximate surface area is 97.7 Å². The van der Waals surface area contributed by atoms with Gasteiger partial charge in [0.15, 0.2) is 0 Å². The molecule has 5 heteroatoms. The van der Waals surface area contributed by atoms with Crippen LogP contribution in [-0.2, 0) is 20.7 Å². The van der Waals surface area contributed by atoms with Crippen molar-refractivity contribution in [1.82, 2.24) is 0 Å². The Bertz CT molecular complexity index is 400. The number of halogens is 1. The van der Waals surface area contributed by atoms with Gasteiger partial charge in [0.05, 0.1) is 12.9 Å². The number of rotatable bonds is 4. The molecule has 0 heterocycles. The molecule has 0 saturated carbocycles. The summed E-state index contributed by atoms with van der Waals surface area (Å²) < 4.78 is 27.1. The van der Waals surface area contributed by atoms with Gasteiger partial charge < -0.3 is 0 Å². The van der Waals surface area contributed by atoms with Crippen LogP contribution >= 0.6 is 22.6 Å². The third kappa shape index (κ3) is 4.39. The van der Waals surface area contributed by atoms with Gasteiger partial charge in [-0.3, -0.25) is 4.18 Å². The molecular formula is C9H11IO3S. The van der Waals surface area contributed by atoms with Crippen LogP contribution in [-0.4, -0.2) is 21.3 Å². The SMILES string of the molecule is CS(=O)(=O)OCCc1ccccc1I. The molecule has 78 valence electrons. The van der Waals surface area contributed by atoms with E-state index in [1.165, 1.54) is 0 Å². The molecule has 0 aromatic heterocycles. The van der Waals surface area contributed by atoms with Crippen LogP contribution in [0.25, 0.3) is 0 Å². The van der Waals surface area contributed by atoms with Gasteiger partial charge >= 0.3 is 0 Å². The van der Waals surface area contributed by atoms with Crippen LogP contribution in [0.2, 0.25) is 0 Å². The molecular weight excluding hydrogens is 315 g/mol. The van der Waals surface area contributed by atoms with Crippen molar-refractivity contribution in [3.63, 3.8) is 0 Å². The van der Waals surface area contributed by atoms with Crippen LogP contribution in [0, 0.1) is 3.57 Å². The first-order valence-corrected chi connectivity index (χ1v) is 6.96. The summed E-state index contributed by atoms with van der Waals surface area (Å²) in [6.07, 6.45) is 1.68. The van der Waals surface area contributed by atoms with Gasteiger partial charge in [-0.05, 0) is 40.6 Å². The molecule has 0 fully saturated rings. The van der Waals surface area contributed by atoms with E-state index in [2.05, 4.69) is 26.8 Å². The molecule has 0 unspecified atom stereocenters. The lowest BCUT2D eigenvalue weighted by molar-refractivity contribution is 0.325. The second-order valence-electron chi connectivity index (χ2n) is 2.87. The molecule has 0 aliphatic rings. The minimum atomic E-state index is -3.31. The summed E-state index contributed by atoms with van der Waals surface area (Å²) in [6.45, 7) is 0.207. The Morgan fingerprint density at radius 3 is 2.57 bits per heavy atom. The largest absolute Gasteiger partial charge is 0.270 e. The number of hydrogen-bond acceptors (Lipinski definition) is 3. The van der Waals surface area contributed by atoms with Crippen LogP contribution in [0.4, 0.5) is 0 Å². The van der Waals surface area contributed by atoms with Gasteiger partial charge in [0, 0.05) is 3.57 Å². The maximum absolute atomic E-state index is 10.7. The van der Waals surface area contributed by atoms with E-state index in [0.29, 0.717) is 6.42 Å². The smallest absolute Gasteiger partial charge is 0.264 e. The minimum absolute atomic E-state index is 0.207. The van der Waals surface area contributed by atoms with E-state index < -0.39 is 10.1 Å². The van der Waals surface area contributed by atoms with Crippen LogP contribution in [0.15, 0.2) is 24.3 Å². The maximum Gasteiger partial charge on any atom is 0.264 e. The predicted molar refractivity (Wildman–Crippen MR) is 63.7 cm³/mol. The first-order valence-electron chi connectivity index (χ1n) is 4.07. The molecule has 0 spiro atoms. The zero-order chi connectivity index (χ0) is 10.6. The monoisotopic (exact) mass is 326 g/mol. The highest BCUT2D eigenvalue weighted by atomic mass is 127. The Morgan fingerprint density at radius 1 is 1.36 bits per heavy atom.